The van der Waals surface area contributed by atoms with Gasteiger partial charge in [-0.1, -0.05) is 79.1 Å². The maximum absolute atomic E-state index is 2.53. The second-order valence-electron chi connectivity index (χ2n) is 5.60. The molecule has 0 N–H and O–H groups in total. The Morgan fingerprint density at radius 1 is 0.812 bits per heavy atom. The molecular weight excluding hydrogens is 192 g/mol. The summed E-state index contributed by atoms with van der Waals surface area (Å²) in [6, 6.07) is 0. The Hall–Kier alpha value is 0. The first-order valence-electron chi connectivity index (χ1n) is 7.52. The summed E-state index contributed by atoms with van der Waals surface area (Å²) >= 11 is 0. The van der Waals surface area contributed by atoms with Gasteiger partial charge in [0.25, 0.3) is 0 Å². The van der Waals surface area contributed by atoms with Crippen LogP contribution in [0.2, 0.25) is 0 Å². The molecule has 2 unspecified atom stereocenters. The Bertz CT molecular complexity index is 128. The quantitative estimate of drug-likeness (QED) is 0.377. The van der Waals surface area contributed by atoms with Crippen molar-refractivity contribution < 1.29 is 0 Å². The Labute approximate surface area is 104 Å². The molecule has 97 valence electrons. The van der Waals surface area contributed by atoms with Crippen LogP contribution in [0, 0.1) is 18.3 Å². The molecule has 0 aromatic heterocycles. The first kappa shape index (κ1) is 16.0. The zero-order valence-corrected chi connectivity index (χ0v) is 12.1. The molecule has 0 aromatic rings. The average molecular weight is 225 g/mol. The molecule has 0 heteroatoms. The third-order valence-electron chi connectivity index (χ3n) is 3.51. The summed E-state index contributed by atoms with van der Waals surface area (Å²) in [6.45, 7) is 9.36. The Morgan fingerprint density at radius 2 is 1.50 bits per heavy atom. The molecule has 0 saturated heterocycles. The standard InChI is InChI=1S/C16H33/c1-5-7-12-16(4)14-10-8-9-13-15(3)11-6-2/h10,15-16H,5-9,11-14H2,1-4H3. The zero-order chi connectivity index (χ0) is 12.2. The predicted octanol–water partition coefficient (Wildman–Crippen LogP) is 6.01. The summed E-state index contributed by atoms with van der Waals surface area (Å²) in [6.07, 6.45) is 15.0. The molecule has 0 aliphatic heterocycles. The SMILES string of the molecule is CCCCC(C)C[CH]CCCC(C)CCC. The molecule has 0 heterocycles. The van der Waals surface area contributed by atoms with Crippen LogP contribution >= 0.6 is 0 Å². The minimum atomic E-state index is 0.910. The van der Waals surface area contributed by atoms with Gasteiger partial charge in [0.1, 0.15) is 0 Å². The maximum Gasteiger partial charge on any atom is -0.0383 e. The van der Waals surface area contributed by atoms with E-state index >= 15 is 0 Å². The Kier molecular flexibility index (Phi) is 11.5. The van der Waals surface area contributed by atoms with E-state index in [1.807, 2.05) is 0 Å². The first-order valence-corrected chi connectivity index (χ1v) is 7.52. The molecule has 1 radical (unpaired) electrons. The molecule has 0 aliphatic carbocycles. The van der Waals surface area contributed by atoms with E-state index in [1.165, 1.54) is 57.8 Å². The van der Waals surface area contributed by atoms with Crippen LogP contribution in [0.15, 0.2) is 0 Å². The minimum absolute atomic E-state index is 0.910. The van der Waals surface area contributed by atoms with E-state index in [4.69, 9.17) is 0 Å². The van der Waals surface area contributed by atoms with Gasteiger partial charge in [0.05, 0.1) is 0 Å². The lowest BCUT2D eigenvalue weighted by Crippen LogP contribution is -1.97. The van der Waals surface area contributed by atoms with Crippen LogP contribution in [0.1, 0.15) is 85.5 Å². The number of hydrogen-bond acceptors (Lipinski definition) is 0. The van der Waals surface area contributed by atoms with Gasteiger partial charge in [-0.15, -0.1) is 0 Å². The second-order valence-corrected chi connectivity index (χ2v) is 5.60. The topological polar surface area (TPSA) is 0 Å². The lowest BCUT2D eigenvalue weighted by atomic mass is 9.95. The van der Waals surface area contributed by atoms with Crippen molar-refractivity contribution in [3.05, 3.63) is 6.42 Å². The average Bonchev–Trinajstić information content (AvgIpc) is 2.26. The molecule has 0 saturated carbocycles. The van der Waals surface area contributed by atoms with Crippen LogP contribution in [0.25, 0.3) is 0 Å². The summed E-state index contributed by atoms with van der Waals surface area (Å²) < 4.78 is 0. The van der Waals surface area contributed by atoms with E-state index < -0.39 is 0 Å². The monoisotopic (exact) mass is 225 g/mol. The van der Waals surface area contributed by atoms with Crippen LogP contribution in [-0.4, -0.2) is 0 Å². The maximum atomic E-state index is 2.53. The highest BCUT2D eigenvalue weighted by Gasteiger charge is 2.03. The second kappa shape index (κ2) is 11.5. The van der Waals surface area contributed by atoms with Gasteiger partial charge in [0.15, 0.2) is 0 Å². The van der Waals surface area contributed by atoms with Gasteiger partial charge in [-0.05, 0) is 24.7 Å². The van der Waals surface area contributed by atoms with E-state index in [0.29, 0.717) is 0 Å². The van der Waals surface area contributed by atoms with Gasteiger partial charge in [-0.25, -0.2) is 0 Å². The van der Waals surface area contributed by atoms with E-state index in [-0.39, 0.29) is 0 Å². The van der Waals surface area contributed by atoms with E-state index in [9.17, 15) is 0 Å². The molecule has 0 bridgehead atoms. The van der Waals surface area contributed by atoms with Crippen LogP contribution in [0.4, 0.5) is 0 Å². The van der Waals surface area contributed by atoms with E-state index in [2.05, 4.69) is 34.1 Å². The summed E-state index contributed by atoms with van der Waals surface area (Å²) in [4.78, 5) is 0. The highest BCUT2D eigenvalue weighted by Crippen LogP contribution is 2.18. The third-order valence-corrected chi connectivity index (χ3v) is 3.51. The van der Waals surface area contributed by atoms with Gasteiger partial charge in [-0.2, -0.15) is 0 Å². The van der Waals surface area contributed by atoms with Gasteiger partial charge < -0.3 is 0 Å². The zero-order valence-electron chi connectivity index (χ0n) is 12.1. The molecule has 0 nitrogen and oxygen atoms in total. The number of unbranched alkanes of at least 4 members (excludes halogenated alkanes) is 3. The summed E-state index contributed by atoms with van der Waals surface area (Å²) in [5, 5.41) is 0. The molecule has 0 spiro atoms. The van der Waals surface area contributed by atoms with Gasteiger partial charge in [0.2, 0.25) is 0 Å². The largest absolute Gasteiger partial charge is 0.0654 e. The fourth-order valence-corrected chi connectivity index (χ4v) is 2.32. The van der Waals surface area contributed by atoms with Crippen molar-refractivity contribution in [3.8, 4) is 0 Å². The van der Waals surface area contributed by atoms with Crippen molar-refractivity contribution in [1.29, 1.82) is 0 Å². The van der Waals surface area contributed by atoms with Crippen LogP contribution in [0.3, 0.4) is 0 Å². The molecule has 0 fully saturated rings. The van der Waals surface area contributed by atoms with Gasteiger partial charge >= 0.3 is 0 Å². The Morgan fingerprint density at radius 3 is 2.12 bits per heavy atom. The van der Waals surface area contributed by atoms with Crippen LogP contribution in [0.5, 0.6) is 0 Å². The Balaban J connectivity index is 3.19. The lowest BCUT2D eigenvalue weighted by Gasteiger charge is -2.11. The van der Waals surface area contributed by atoms with E-state index in [1.54, 1.807) is 0 Å². The highest BCUT2D eigenvalue weighted by atomic mass is 14.1. The van der Waals surface area contributed by atoms with Crippen LogP contribution < -0.4 is 0 Å². The van der Waals surface area contributed by atoms with Crippen molar-refractivity contribution in [1.82, 2.24) is 0 Å². The van der Waals surface area contributed by atoms with E-state index in [0.717, 1.165) is 11.8 Å². The smallest absolute Gasteiger partial charge is 0.0383 e. The summed E-state index contributed by atoms with van der Waals surface area (Å²) in [5.41, 5.74) is 0. The number of hydrogen-bond donors (Lipinski definition) is 0. The van der Waals surface area contributed by atoms with Crippen molar-refractivity contribution in [3.63, 3.8) is 0 Å². The molecule has 0 amide bonds. The molecule has 0 aliphatic rings. The normalized spacial score (nSPS) is 15.0. The molecule has 2 atom stereocenters. The third kappa shape index (κ3) is 10.5. The van der Waals surface area contributed by atoms with Gasteiger partial charge in [-0.3, -0.25) is 0 Å². The fourth-order valence-electron chi connectivity index (χ4n) is 2.32. The van der Waals surface area contributed by atoms with Crippen molar-refractivity contribution in [2.45, 2.75) is 85.5 Å². The minimum Gasteiger partial charge on any atom is -0.0654 e. The molecular formula is C16H33. The lowest BCUT2D eigenvalue weighted by molar-refractivity contribution is 0.454. The number of rotatable bonds is 11. The first-order chi connectivity index (χ1) is 7.70. The predicted molar refractivity (Wildman–Crippen MR) is 75.5 cm³/mol. The van der Waals surface area contributed by atoms with Crippen molar-refractivity contribution >= 4 is 0 Å². The highest BCUT2D eigenvalue weighted by molar-refractivity contribution is 4.69. The van der Waals surface area contributed by atoms with Crippen molar-refractivity contribution in [2.24, 2.45) is 11.8 Å². The molecule has 0 rings (SSSR count). The fraction of sp³-hybridized carbons (Fsp3) is 0.938. The summed E-state index contributed by atoms with van der Waals surface area (Å²) in [7, 11) is 0. The molecule has 0 aromatic carbocycles. The van der Waals surface area contributed by atoms with Crippen molar-refractivity contribution in [2.75, 3.05) is 0 Å². The van der Waals surface area contributed by atoms with Gasteiger partial charge in [0, 0.05) is 0 Å². The molecule has 16 heavy (non-hydrogen) atoms. The van der Waals surface area contributed by atoms with Crippen LogP contribution in [-0.2, 0) is 0 Å². The summed E-state index contributed by atoms with van der Waals surface area (Å²) in [5.74, 6) is 1.85.